The number of ether oxygens (including phenoxy) is 2. The minimum atomic E-state index is -0.902. The number of carbonyl (C=O) groups excluding carboxylic acids is 1. The molecule has 1 saturated carbocycles. The zero-order chi connectivity index (χ0) is 17.0. The summed E-state index contributed by atoms with van der Waals surface area (Å²) in [5.41, 5.74) is -0.270. The van der Waals surface area contributed by atoms with Crippen molar-refractivity contribution >= 4 is 27.8 Å². The van der Waals surface area contributed by atoms with Crippen LogP contribution in [0.25, 0.3) is 0 Å². The van der Waals surface area contributed by atoms with Crippen molar-refractivity contribution < 1.29 is 24.2 Å². The van der Waals surface area contributed by atoms with E-state index in [4.69, 9.17) is 14.6 Å². The van der Waals surface area contributed by atoms with E-state index in [1.54, 1.807) is 12.1 Å². The Morgan fingerprint density at radius 2 is 1.91 bits per heavy atom. The second-order valence-electron chi connectivity index (χ2n) is 5.71. The Kier molecular flexibility index (Phi) is 5.51. The van der Waals surface area contributed by atoms with Crippen molar-refractivity contribution in [2.45, 2.75) is 37.6 Å². The van der Waals surface area contributed by atoms with Crippen molar-refractivity contribution in [2.24, 2.45) is 0 Å². The Bertz CT molecular complexity index is 611. The number of amides is 1. The topological polar surface area (TPSA) is 84.9 Å². The van der Waals surface area contributed by atoms with Gasteiger partial charge in [-0.1, -0.05) is 12.8 Å². The van der Waals surface area contributed by atoms with Crippen LogP contribution in [0.15, 0.2) is 16.6 Å². The zero-order valence-corrected chi connectivity index (χ0v) is 14.7. The highest BCUT2D eigenvalue weighted by atomic mass is 79.9. The highest BCUT2D eigenvalue weighted by molar-refractivity contribution is 9.10. The number of aliphatic carboxylic acids is 1. The second-order valence-corrected chi connectivity index (χ2v) is 6.56. The summed E-state index contributed by atoms with van der Waals surface area (Å²) in [4.78, 5) is 23.7. The van der Waals surface area contributed by atoms with Gasteiger partial charge in [-0.25, -0.2) is 0 Å². The average molecular weight is 386 g/mol. The van der Waals surface area contributed by atoms with Crippen LogP contribution in [0, 0.1) is 0 Å². The third kappa shape index (κ3) is 3.96. The van der Waals surface area contributed by atoms with Gasteiger partial charge in [-0.3, -0.25) is 9.59 Å². The lowest BCUT2D eigenvalue weighted by Gasteiger charge is -2.28. The van der Waals surface area contributed by atoms with Gasteiger partial charge in [0.15, 0.2) is 11.5 Å². The van der Waals surface area contributed by atoms with E-state index in [1.807, 2.05) is 0 Å². The number of rotatable bonds is 6. The van der Waals surface area contributed by atoms with Crippen molar-refractivity contribution in [2.75, 3.05) is 14.2 Å². The number of nitrogens with one attached hydrogen (secondary N) is 1. The Hall–Kier alpha value is -1.76. The SMILES string of the molecule is COc1cc(C(=O)NC2(CC(=O)O)CCCC2)cc(Br)c1OC. The molecule has 1 aliphatic rings. The molecule has 1 aromatic rings. The van der Waals surface area contributed by atoms with Crippen LogP contribution in [0.5, 0.6) is 11.5 Å². The maximum Gasteiger partial charge on any atom is 0.305 e. The third-order valence-corrected chi connectivity index (χ3v) is 4.71. The molecule has 23 heavy (non-hydrogen) atoms. The van der Waals surface area contributed by atoms with E-state index >= 15 is 0 Å². The van der Waals surface area contributed by atoms with E-state index in [-0.39, 0.29) is 12.3 Å². The van der Waals surface area contributed by atoms with E-state index in [9.17, 15) is 9.59 Å². The highest BCUT2D eigenvalue weighted by Gasteiger charge is 2.37. The number of carbonyl (C=O) groups is 2. The lowest BCUT2D eigenvalue weighted by Crippen LogP contribution is -2.47. The second kappa shape index (κ2) is 7.21. The largest absolute Gasteiger partial charge is 0.493 e. The number of hydrogen-bond donors (Lipinski definition) is 2. The first kappa shape index (κ1) is 17.6. The first-order chi connectivity index (χ1) is 10.9. The molecule has 2 N–H and O–H groups in total. The lowest BCUT2D eigenvalue weighted by molar-refractivity contribution is -0.138. The molecule has 2 rings (SSSR count). The maximum absolute atomic E-state index is 12.6. The van der Waals surface area contributed by atoms with Crippen molar-refractivity contribution in [3.8, 4) is 11.5 Å². The van der Waals surface area contributed by atoms with Crippen LogP contribution in [-0.2, 0) is 4.79 Å². The molecule has 0 aliphatic heterocycles. The zero-order valence-electron chi connectivity index (χ0n) is 13.1. The summed E-state index contributed by atoms with van der Waals surface area (Å²) in [5.74, 6) is -0.272. The van der Waals surface area contributed by atoms with Crippen molar-refractivity contribution in [1.82, 2.24) is 5.32 Å². The standard InChI is InChI=1S/C16H20BrNO5/c1-22-12-8-10(7-11(17)14(12)23-2)15(21)18-16(9-13(19)20)5-3-4-6-16/h7-8H,3-6,9H2,1-2H3,(H,18,21)(H,19,20). The molecule has 0 aromatic heterocycles. The minimum absolute atomic E-state index is 0.0623. The number of carboxylic acids is 1. The van der Waals surface area contributed by atoms with Gasteiger partial charge in [-0.05, 0) is 40.9 Å². The van der Waals surface area contributed by atoms with Gasteiger partial charge in [-0.2, -0.15) is 0 Å². The Balaban J connectivity index is 2.26. The van der Waals surface area contributed by atoms with E-state index in [1.165, 1.54) is 14.2 Å². The summed E-state index contributed by atoms with van der Waals surface area (Å²) in [7, 11) is 3.01. The lowest BCUT2D eigenvalue weighted by atomic mass is 9.92. The Labute approximate surface area is 143 Å². The van der Waals surface area contributed by atoms with Crippen LogP contribution in [-0.4, -0.2) is 36.7 Å². The number of carboxylic acid groups (broad SMARTS) is 1. The molecule has 0 atom stereocenters. The van der Waals surface area contributed by atoms with Gasteiger partial charge in [0, 0.05) is 5.56 Å². The molecule has 0 unspecified atom stereocenters. The van der Waals surface area contributed by atoms with E-state index in [0.717, 1.165) is 12.8 Å². The van der Waals surface area contributed by atoms with Crippen molar-refractivity contribution in [3.63, 3.8) is 0 Å². The normalized spacial score (nSPS) is 16.0. The van der Waals surface area contributed by atoms with Crippen LogP contribution in [0.4, 0.5) is 0 Å². The molecule has 126 valence electrons. The monoisotopic (exact) mass is 385 g/mol. The molecule has 0 radical (unpaired) electrons. The quantitative estimate of drug-likeness (QED) is 0.785. The van der Waals surface area contributed by atoms with Gasteiger partial charge >= 0.3 is 5.97 Å². The van der Waals surface area contributed by atoms with Crippen LogP contribution in [0.1, 0.15) is 42.5 Å². The molecule has 1 aliphatic carbocycles. The predicted molar refractivity (Wildman–Crippen MR) is 88.2 cm³/mol. The molecule has 0 saturated heterocycles. The summed E-state index contributed by atoms with van der Waals surface area (Å²) in [5, 5.41) is 12.0. The average Bonchev–Trinajstić information content (AvgIpc) is 2.93. The first-order valence-electron chi connectivity index (χ1n) is 7.36. The van der Waals surface area contributed by atoms with Gasteiger partial charge in [0.05, 0.1) is 30.7 Å². The van der Waals surface area contributed by atoms with Gasteiger partial charge in [0.25, 0.3) is 5.91 Å². The number of benzene rings is 1. The first-order valence-corrected chi connectivity index (χ1v) is 8.16. The Morgan fingerprint density at radius 1 is 1.26 bits per heavy atom. The van der Waals surface area contributed by atoms with E-state index in [2.05, 4.69) is 21.2 Å². The molecular weight excluding hydrogens is 366 g/mol. The fourth-order valence-electron chi connectivity index (χ4n) is 3.05. The van der Waals surface area contributed by atoms with Crippen LogP contribution in [0.2, 0.25) is 0 Å². The number of methoxy groups -OCH3 is 2. The fraction of sp³-hybridized carbons (Fsp3) is 0.500. The van der Waals surface area contributed by atoms with Gasteiger partial charge in [0.2, 0.25) is 0 Å². The smallest absolute Gasteiger partial charge is 0.305 e. The highest BCUT2D eigenvalue weighted by Crippen LogP contribution is 2.37. The van der Waals surface area contributed by atoms with E-state index in [0.29, 0.717) is 34.4 Å². The summed E-state index contributed by atoms with van der Waals surface area (Å²) in [6.07, 6.45) is 3.14. The molecule has 1 aromatic carbocycles. The van der Waals surface area contributed by atoms with Gasteiger partial charge in [-0.15, -0.1) is 0 Å². The summed E-state index contributed by atoms with van der Waals surface area (Å²) >= 11 is 3.35. The molecule has 1 fully saturated rings. The van der Waals surface area contributed by atoms with E-state index < -0.39 is 11.5 Å². The fourth-order valence-corrected chi connectivity index (χ4v) is 3.65. The summed E-state index contributed by atoms with van der Waals surface area (Å²) < 4.78 is 11.1. The van der Waals surface area contributed by atoms with Crippen LogP contribution >= 0.6 is 15.9 Å². The van der Waals surface area contributed by atoms with Gasteiger partial charge in [0.1, 0.15) is 0 Å². The number of hydrogen-bond acceptors (Lipinski definition) is 4. The van der Waals surface area contributed by atoms with Crippen molar-refractivity contribution in [1.29, 1.82) is 0 Å². The molecule has 1 amide bonds. The summed E-state index contributed by atoms with van der Waals surface area (Å²) in [6, 6.07) is 3.22. The minimum Gasteiger partial charge on any atom is -0.493 e. The van der Waals surface area contributed by atoms with Crippen LogP contribution < -0.4 is 14.8 Å². The maximum atomic E-state index is 12.6. The molecule has 7 heteroatoms. The molecular formula is C16H20BrNO5. The molecule has 0 heterocycles. The molecule has 6 nitrogen and oxygen atoms in total. The predicted octanol–water partition coefficient (Wildman–Crippen LogP) is 2.98. The third-order valence-electron chi connectivity index (χ3n) is 4.12. The molecule has 0 bridgehead atoms. The number of halogens is 1. The summed E-state index contributed by atoms with van der Waals surface area (Å²) in [6.45, 7) is 0. The Morgan fingerprint density at radius 3 is 2.43 bits per heavy atom. The van der Waals surface area contributed by atoms with Crippen molar-refractivity contribution in [3.05, 3.63) is 22.2 Å². The van der Waals surface area contributed by atoms with Gasteiger partial charge < -0.3 is 19.9 Å². The van der Waals surface area contributed by atoms with Crippen LogP contribution in [0.3, 0.4) is 0 Å². The molecule has 0 spiro atoms.